The van der Waals surface area contributed by atoms with Crippen molar-refractivity contribution >= 4 is 17.3 Å². The summed E-state index contributed by atoms with van der Waals surface area (Å²) < 4.78 is 0. The lowest BCUT2D eigenvalue weighted by Gasteiger charge is -2.46. The van der Waals surface area contributed by atoms with Crippen molar-refractivity contribution in [2.24, 2.45) is 0 Å². The predicted octanol–water partition coefficient (Wildman–Crippen LogP) is 0.907. The van der Waals surface area contributed by atoms with Crippen molar-refractivity contribution in [3.63, 3.8) is 0 Å². The van der Waals surface area contributed by atoms with E-state index in [1.807, 2.05) is 0 Å². The molecule has 82 valence electrons. The lowest BCUT2D eigenvalue weighted by molar-refractivity contribution is 0.0741. The smallest absolute Gasteiger partial charge is 0.169 e. The minimum absolute atomic E-state index is 0.220. The molecule has 1 heterocycles. The summed E-state index contributed by atoms with van der Waals surface area (Å²) in [5.41, 5.74) is 0.220. The maximum atomic E-state index is 5.31. The van der Waals surface area contributed by atoms with Crippen LogP contribution in [0.3, 0.4) is 0 Å². The van der Waals surface area contributed by atoms with Gasteiger partial charge >= 0.3 is 0 Å². The molecule has 0 spiro atoms. The van der Waals surface area contributed by atoms with Crippen LogP contribution in [-0.4, -0.2) is 53.7 Å². The zero-order chi connectivity index (χ0) is 10.8. The molecular formula is C10H21N3S. The van der Waals surface area contributed by atoms with E-state index >= 15 is 0 Å². The molecule has 0 amide bonds. The SMILES string of the molecule is CCNC(=S)N1CCN(C)C(C)(C)C1. The first-order valence-electron chi connectivity index (χ1n) is 5.21. The zero-order valence-electron chi connectivity index (χ0n) is 9.63. The van der Waals surface area contributed by atoms with Crippen molar-refractivity contribution < 1.29 is 0 Å². The first kappa shape index (κ1) is 11.7. The molecule has 14 heavy (non-hydrogen) atoms. The Labute approximate surface area is 92.4 Å². The highest BCUT2D eigenvalue weighted by Gasteiger charge is 2.31. The molecule has 1 aliphatic rings. The van der Waals surface area contributed by atoms with E-state index < -0.39 is 0 Å². The fourth-order valence-corrected chi connectivity index (χ4v) is 1.98. The van der Waals surface area contributed by atoms with Gasteiger partial charge in [-0.05, 0) is 40.0 Å². The summed E-state index contributed by atoms with van der Waals surface area (Å²) >= 11 is 5.31. The Balaban J connectivity index is 2.55. The molecule has 1 rings (SSSR count). The van der Waals surface area contributed by atoms with Crippen LogP contribution in [0.5, 0.6) is 0 Å². The summed E-state index contributed by atoms with van der Waals surface area (Å²) in [6.07, 6.45) is 0. The fourth-order valence-electron chi connectivity index (χ4n) is 1.68. The monoisotopic (exact) mass is 215 g/mol. The second kappa shape index (κ2) is 4.45. The predicted molar refractivity (Wildman–Crippen MR) is 64.6 cm³/mol. The Morgan fingerprint density at radius 1 is 1.43 bits per heavy atom. The molecule has 0 aromatic carbocycles. The molecule has 0 unspecified atom stereocenters. The van der Waals surface area contributed by atoms with Gasteiger partial charge in [-0.2, -0.15) is 0 Å². The van der Waals surface area contributed by atoms with E-state index in [-0.39, 0.29) is 5.54 Å². The first-order chi connectivity index (χ1) is 6.47. The molecule has 0 radical (unpaired) electrons. The van der Waals surface area contributed by atoms with E-state index in [1.54, 1.807) is 0 Å². The highest BCUT2D eigenvalue weighted by Crippen LogP contribution is 2.18. The third-order valence-electron chi connectivity index (χ3n) is 2.93. The van der Waals surface area contributed by atoms with Gasteiger partial charge in [-0.1, -0.05) is 0 Å². The number of likely N-dealkylation sites (N-methyl/N-ethyl adjacent to an activating group) is 1. The van der Waals surface area contributed by atoms with Crippen LogP contribution in [0, 0.1) is 0 Å². The number of piperazine rings is 1. The minimum Gasteiger partial charge on any atom is -0.363 e. The molecular weight excluding hydrogens is 194 g/mol. The highest BCUT2D eigenvalue weighted by molar-refractivity contribution is 7.80. The fraction of sp³-hybridized carbons (Fsp3) is 0.900. The second-order valence-electron chi connectivity index (χ2n) is 4.49. The van der Waals surface area contributed by atoms with Crippen molar-refractivity contribution in [2.75, 3.05) is 33.2 Å². The summed E-state index contributed by atoms with van der Waals surface area (Å²) in [4.78, 5) is 4.65. The van der Waals surface area contributed by atoms with Crippen molar-refractivity contribution in [3.05, 3.63) is 0 Å². The van der Waals surface area contributed by atoms with E-state index in [0.29, 0.717) is 0 Å². The molecule has 1 fully saturated rings. The van der Waals surface area contributed by atoms with Gasteiger partial charge in [0.25, 0.3) is 0 Å². The van der Waals surface area contributed by atoms with E-state index in [2.05, 4.69) is 42.9 Å². The normalized spacial score (nSPS) is 22.1. The van der Waals surface area contributed by atoms with Crippen LogP contribution in [0.4, 0.5) is 0 Å². The standard InChI is InChI=1S/C10H21N3S/c1-5-11-9(14)13-7-6-12(4)10(2,3)8-13/h5-8H2,1-4H3,(H,11,14). The summed E-state index contributed by atoms with van der Waals surface area (Å²) in [5.74, 6) is 0. The van der Waals surface area contributed by atoms with Crippen molar-refractivity contribution in [3.8, 4) is 0 Å². The van der Waals surface area contributed by atoms with E-state index in [4.69, 9.17) is 12.2 Å². The Bertz CT molecular complexity index is 215. The second-order valence-corrected chi connectivity index (χ2v) is 4.88. The molecule has 4 heteroatoms. The molecule has 0 atom stereocenters. The molecule has 0 aliphatic carbocycles. The third kappa shape index (κ3) is 2.58. The topological polar surface area (TPSA) is 18.5 Å². The summed E-state index contributed by atoms with van der Waals surface area (Å²) in [7, 11) is 2.17. The minimum atomic E-state index is 0.220. The van der Waals surface area contributed by atoms with E-state index in [0.717, 1.165) is 31.3 Å². The summed E-state index contributed by atoms with van der Waals surface area (Å²) in [6.45, 7) is 10.6. The van der Waals surface area contributed by atoms with Crippen LogP contribution in [0.1, 0.15) is 20.8 Å². The quantitative estimate of drug-likeness (QED) is 0.655. The lowest BCUT2D eigenvalue weighted by atomic mass is 10.0. The van der Waals surface area contributed by atoms with Gasteiger partial charge in [0.05, 0.1) is 0 Å². The molecule has 0 aromatic heterocycles. The van der Waals surface area contributed by atoms with Gasteiger partial charge in [0.15, 0.2) is 5.11 Å². The lowest BCUT2D eigenvalue weighted by Crippen LogP contribution is -2.60. The Kier molecular flexibility index (Phi) is 3.72. The van der Waals surface area contributed by atoms with Crippen LogP contribution >= 0.6 is 12.2 Å². The van der Waals surface area contributed by atoms with Crippen LogP contribution in [0.15, 0.2) is 0 Å². The number of nitrogens with zero attached hydrogens (tertiary/aromatic N) is 2. The van der Waals surface area contributed by atoms with Crippen molar-refractivity contribution in [1.82, 2.24) is 15.1 Å². The largest absolute Gasteiger partial charge is 0.363 e. The number of hydrogen-bond acceptors (Lipinski definition) is 2. The van der Waals surface area contributed by atoms with Gasteiger partial charge in [0.1, 0.15) is 0 Å². The van der Waals surface area contributed by atoms with Gasteiger partial charge in [0.2, 0.25) is 0 Å². The van der Waals surface area contributed by atoms with Crippen LogP contribution < -0.4 is 5.32 Å². The molecule has 0 saturated carbocycles. The number of thiocarbonyl (C=S) groups is 1. The Hall–Kier alpha value is -0.350. The summed E-state index contributed by atoms with van der Waals surface area (Å²) in [5, 5.41) is 4.10. The zero-order valence-corrected chi connectivity index (χ0v) is 10.4. The molecule has 3 nitrogen and oxygen atoms in total. The number of rotatable bonds is 1. The molecule has 0 bridgehead atoms. The van der Waals surface area contributed by atoms with E-state index in [1.165, 1.54) is 0 Å². The van der Waals surface area contributed by atoms with Crippen LogP contribution in [0.25, 0.3) is 0 Å². The van der Waals surface area contributed by atoms with Crippen LogP contribution in [0.2, 0.25) is 0 Å². The van der Waals surface area contributed by atoms with Gasteiger partial charge < -0.3 is 10.2 Å². The van der Waals surface area contributed by atoms with Gasteiger partial charge in [0, 0.05) is 31.7 Å². The molecule has 1 N–H and O–H groups in total. The number of hydrogen-bond donors (Lipinski definition) is 1. The average molecular weight is 215 g/mol. The Morgan fingerprint density at radius 3 is 2.57 bits per heavy atom. The molecule has 0 aromatic rings. The average Bonchev–Trinajstić information content (AvgIpc) is 2.10. The van der Waals surface area contributed by atoms with Crippen molar-refractivity contribution in [1.29, 1.82) is 0 Å². The maximum Gasteiger partial charge on any atom is 0.169 e. The first-order valence-corrected chi connectivity index (χ1v) is 5.62. The Morgan fingerprint density at radius 2 is 2.07 bits per heavy atom. The van der Waals surface area contributed by atoms with Gasteiger partial charge in [-0.15, -0.1) is 0 Å². The molecule has 1 saturated heterocycles. The van der Waals surface area contributed by atoms with Crippen LogP contribution in [-0.2, 0) is 0 Å². The van der Waals surface area contributed by atoms with Gasteiger partial charge in [-0.3, -0.25) is 4.90 Å². The summed E-state index contributed by atoms with van der Waals surface area (Å²) in [6, 6.07) is 0. The number of nitrogens with one attached hydrogen (secondary N) is 1. The van der Waals surface area contributed by atoms with Crippen molar-refractivity contribution in [2.45, 2.75) is 26.3 Å². The highest BCUT2D eigenvalue weighted by atomic mass is 32.1. The molecule has 1 aliphatic heterocycles. The third-order valence-corrected chi connectivity index (χ3v) is 3.33. The van der Waals surface area contributed by atoms with Gasteiger partial charge in [-0.25, -0.2) is 0 Å². The van der Waals surface area contributed by atoms with E-state index in [9.17, 15) is 0 Å². The maximum absolute atomic E-state index is 5.31.